The fourth-order valence-electron chi connectivity index (χ4n) is 5.73. The first-order valence-corrected chi connectivity index (χ1v) is 12.3. The number of aryl methyl sites for hydroxylation is 1. The van der Waals surface area contributed by atoms with Gasteiger partial charge in [-0.25, -0.2) is 9.48 Å². The molecule has 0 spiro atoms. The summed E-state index contributed by atoms with van der Waals surface area (Å²) in [6.07, 6.45) is 2.58. The lowest BCUT2D eigenvalue weighted by Gasteiger charge is -2.37. The van der Waals surface area contributed by atoms with Crippen molar-refractivity contribution in [3.63, 3.8) is 0 Å². The van der Waals surface area contributed by atoms with Crippen LogP contribution in [0.1, 0.15) is 56.6 Å². The number of piperazine rings is 1. The van der Waals surface area contributed by atoms with Gasteiger partial charge in [-0.1, -0.05) is 12.1 Å². The predicted molar refractivity (Wildman–Crippen MR) is 128 cm³/mol. The lowest BCUT2D eigenvalue weighted by atomic mass is 9.95. The van der Waals surface area contributed by atoms with Crippen LogP contribution in [0.4, 0.5) is 0 Å². The largest absolute Gasteiger partial charge is 0.457 e. The molecule has 2 aromatic carbocycles. The minimum Gasteiger partial charge on any atom is -0.457 e. The van der Waals surface area contributed by atoms with Crippen LogP contribution < -0.4 is 0 Å². The Balaban J connectivity index is 1.07. The lowest BCUT2D eigenvalue weighted by molar-refractivity contribution is -0.134. The number of benzene rings is 2. The Morgan fingerprint density at radius 3 is 2.81 bits per heavy atom. The molecule has 1 unspecified atom stereocenters. The molecular formula is C26H28N6O4. The van der Waals surface area contributed by atoms with E-state index in [2.05, 4.69) is 26.5 Å². The van der Waals surface area contributed by atoms with Crippen molar-refractivity contribution in [2.24, 2.45) is 0 Å². The highest BCUT2D eigenvalue weighted by atomic mass is 16.5. The number of hydrogen-bond donors (Lipinski definition) is 1. The normalized spacial score (nSPS) is 20.2. The molecular weight excluding hydrogens is 460 g/mol. The van der Waals surface area contributed by atoms with Gasteiger partial charge in [-0.15, -0.1) is 5.10 Å². The lowest BCUT2D eigenvalue weighted by Crippen LogP contribution is -2.50. The molecule has 1 aliphatic carbocycles. The van der Waals surface area contributed by atoms with E-state index < -0.39 is 6.10 Å². The first-order chi connectivity index (χ1) is 17.5. The highest BCUT2D eigenvalue weighted by molar-refractivity contribution is 5.94. The summed E-state index contributed by atoms with van der Waals surface area (Å²) in [4.78, 5) is 29.3. The molecule has 1 N–H and O–H groups in total. The third-order valence-electron chi connectivity index (χ3n) is 7.80. The third-order valence-corrected chi connectivity index (χ3v) is 7.80. The minimum absolute atomic E-state index is 0.112. The van der Waals surface area contributed by atoms with Crippen LogP contribution in [-0.4, -0.2) is 79.7 Å². The molecule has 10 heteroatoms. The summed E-state index contributed by atoms with van der Waals surface area (Å²) in [5, 5.41) is 22.3. The van der Waals surface area contributed by atoms with Gasteiger partial charge in [-0.3, -0.25) is 9.69 Å². The number of β-amino-alcohol motifs (C(OH)–C–C–N with tert-alkyl or cyclic N) is 1. The van der Waals surface area contributed by atoms with Crippen molar-refractivity contribution in [3.8, 4) is 5.69 Å². The molecule has 1 aromatic heterocycles. The van der Waals surface area contributed by atoms with E-state index in [1.165, 1.54) is 5.56 Å². The SMILES string of the molecule is Cc1c([C@@H](O)CN2CCN(C(=O)C3CCc4cc(-n5cnnn5)ccc43)CC2)ccc2c1COC2=O. The zero-order chi connectivity index (χ0) is 24.8. The van der Waals surface area contributed by atoms with E-state index in [0.29, 0.717) is 38.3 Å². The van der Waals surface area contributed by atoms with Crippen molar-refractivity contribution in [1.29, 1.82) is 0 Å². The first-order valence-electron chi connectivity index (χ1n) is 12.3. The molecule has 3 aromatic rings. The minimum atomic E-state index is -0.663. The second-order valence-electron chi connectivity index (χ2n) is 9.75. The molecule has 10 nitrogen and oxygen atoms in total. The molecule has 3 aliphatic rings. The Bertz CT molecular complexity index is 1320. The van der Waals surface area contributed by atoms with Gasteiger partial charge in [0.25, 0.3) is 0 Å². The topological polar surface area (TPSA) is 114 Å². The average molecular weight is 489 g/mol. The number of ether oxygens (including phenoxy) is 1. The van der Waals surface area contributed by atoms with E-state index in [-0.39, 0.29) is 24.4 Å². The van der Waals surface area contributed by atoms with Crippen LogP contribution in [0, 0.1) is 6.92 Å². The number of amides is 1. The van der Waals surface area contributed by atoms with E-state index in [4.69, 9.17) is 4.74 Å². The number of aliphatic hydroxyl groups excluding tert-OH is 1. The molecule has 3 heterocycles. The van der Waals surface area contributed by atoms with Crippen molar-refractivity contribution in [2.75, 3.05) is 32.7 Å². The summed E-state index contributed by atoms with van der Waals surface area (Å²) in [7, 11) is 0. The zero-order valence-corrected chi connectivity index (χ0v) is 20.1. The second kappa shape index (κ2) is 9.11. The van der Waals surface area contributed by atoms with E-state index in [1.807, 2.05) is 30.0 Å². The Morgan fingerprint density at radius 1 is 1.19 bits per heavy atom. The van der Waals surface area contributed by atoms with Crippen molar-refractivity contribution in [3.05, 3.63) is 70.0 Å². The molecule has 36 heavy (non-hydrogen) atoms. The van der Waals surface area contributed by atoms with Gasteiger partial charge in [0.2, 0.25) is 5.91 Å². The Labute approximate surface area is 208 Å². The third kappa shape index (κ3) is 3.96. The molecule has 0 radical (unpaired) electrons. The first kappa shape index (κ1) is 22.8. The van der Waals surface area contributed by atoms with E-state index in [0.717, 1.165) is 40.8 Å². The number of nitrogens with zero attached hydrogens (tertiary/aromatic N) is 6. The number of aliphatic hydroxyl groups is 1. The van der Waals surface area contributed by atoms with Crippen LogP contribution in [0.2, 0.25) is 0 Å². The van der Waals surface area contributed by atoms with E-state index in [1.54, 1.807) is 17.1 Å². The molecule has 1 fully saturated rings. The maximum absolute atomic E-state index is 13.4. The van der Waals surface area contributed by atoms with Gasteiger partial charge in [0.1, 0.15) is 12.9 Å². The maximum Gasteiger partial charge on any atom is 0.338 e. The fourth-order valence-corrected chi connectivity index (χ4v) is 5.73. The molecule has 2 atom stereocenters. The Morgan fingerprint density at radius 2 is 2.03 bits per heavy atom. The van der Waals surface area contributed by atoms with Crippen LogP contribution in [0.5, 0.6) is 0 Å². The number of fused-ring (bicyclic) bond motifs is 2. The standard InChI is InChI=1S/C26H28N6O4/c1-16-19(6-7-22-23(16)14-36-26(22)35)24(33)13-30-8-10-31(11-9-30)25(34)21-4-2-17-12-18(3-5-20(17)21)32-15-27-28-29-32/h3,5-7,12,15,21,24,33H,2,4,8-11,13-14H2,1H3/t21?,24-/m0/s1. The van der Waals surface area contributed by atoms with Gasteiger partial charge in [-0.05, 0) is 70.6 Å². The summed E-state index contributed by atoms with van der Waals surface area (Å²) in [5.74, 6) is -0.227. The quantitative estimate of drug-likeness (QED) is 0.538. The smallest absolute Gasteiger partial charge is 0.338 e. The number of esters is 1. The van der Waals surface area contributed by atoms with Crippen LogP contribution in [0.3, 0.4) is 0 Å². The van der Waals surface area contributed by atoms with Gasteiger partial charge in [0.15, 0.2) is 0 Å². The zero-order valence-electron chi connectivity index (χ0n) is 20.1. The van der Waals surface area contributed by atoms with Crippen molar-refractivity contribution in [1.82, 2.24) is 30.0 Å². The fraction of sp³-hybridized carbons (Fsp3) is 0.423. The molecule has 0 bridgehead atoms. The molecule has 0 saturated carbocycles. The molecule has 6 rings (SSSR count). The van der Waals surface area contributed by atoms with Gasteiger partial charge in [0.05, 0.1) is 23.3 Å². The summed E-state index contributed by atoms with van der Waals surface area (Å²) in [6.45, 7) is 5.41. The number of rotatable bonds is 5. The average Bonchev–Trinajstić information content (AvgIpc) is 3.64. The van der Waals surface area contributed by atoms with Crippen molar-refractivity contribution < 1.29 is 19.4 Å². The summed E-state index contributed by atoms with van der Waals surface area (Å²) in [5.41, 5.74) is 6.39. The van der Waals surface area contributed by atoms with E-state index in [9.17, 15) is 14.7 Å². The monoisotopic (exact) mass is 488 g/mol. The van der Waals surface area contributed by atoms with Gasteiger partial charge in [-0.2, -0.15) is 0 Å². The van der Waals surface area contributed by atoms with Gasteiger partial charge >= 0.3 is 5.97 Å². The Kier molecular flexibility index (Phi) is 5.77. The van der Waals surface area contributed by atoms with E-state index >= 15 is 0 Å². The number of carbonyl (C=O) groups is 2. The second-order valence-corrected chi connectivity index (χ2v) is 9.75. The van der Waals surface area contributed by atoms with Crippen LogP contribution in [0.15, 0.2) is 36.7 Å². The number of carbonyl (C=O) groups excluding carboxylic acids is 2. The highest BCUT2D eigenvalue weighted by Gasteiger charge is 2.34. The highest BCUT2D eigenvalue weighted by Crippen LogP contribution is 2.36. The van der Waals surface area contributed by atoms with Crippen LogP contribution in [-0.2, 0) is 22.6 Å². The molecule has 186 valence electrons. The predicted octanol–water partition coefficient (Wildman–Crippen LogP) is 1.55. The molecule has 2 aliphatic heterocycles. The van der Waals surface area contributed by atoms with Gasteiger partial charge < -0.3 is 14.7 Å². The van der Waals surface area contributed by atoms with Gasteiger partial charge in [0, 0.05) is 38.3 Å². The van der Waals surface area contributed by atoms with Crippen LogP contribution in [0.25, 0.3) is 5.69 Å². The van der Waals surface area contributed by atoms with Crippen LogP contribution >= 0.6 is 0 Å². The molecule has 1 saturated heterocycles. The summed E-state index contributed by atoms with van der Waals surface area (Å²) >= 11 is 0. The van der Waals surface area contributed by atoms with Crippen molar-refractivity contribution >= 4 is 11.9 Å². The maximum atomic E-state index is 13.4. The summed E-state index contributed by atoms with van der Waals surface area (Å²) < 4.78 is 6.76. The number of aromatic nitrogens is 4. The number of hydrogen-bond acceptors (Lipinski definition) is 8. The Hall–Kier alpha value is -3.63. The number of tetrazole rings is 1. The molecule has 1 amide bonds. The van der Waals surface area contributed by atoms with Crippen molar-refractivity contribution in [2.45, 2.75) is 38.4 Å². The summed E-state index contributed by atoms with van der Waals surface area (Å²) in [6, 6.07) is 9.64. The number of cyclic esters (lactones) is 1.